The summed E-state index contributed by atoms with van der Waals surface area (Å²) in [6, 6.07) is 4.55. The summed E-state index contributed by atoms with van der Waals surface area (Å²) in [7, 11) is 0. The van der Waals surface area contributed by atoms with Crippen LogP contribution in [0.2, 0.25) is 0 Å². The molecule has 0 bridgehead atoms. The van der Waals surface area contributed by atoms with Crippen LogP contribution in [-0.4, -0.2) is 11.1 Å². The minimum atomic E-state index is -0.299. The second kappa shape index (κ2) is 5.70. The molecule has 1 aliphatic rings. The van der Waals surface area contributed by atoms with Gasteiger partial charge in [0, 0.05) is 17.6 Å². The molecule has 0 aromatic heterocycles. The summed E-state index contributed by atoms with van der Waals surface area (Å²) >= 11 is 0. The van der Waals surface area contributed by atoms with Gasteiger partial charge in [0.05, 0.1) is 0 Å². The molecule has 0 heterocycles. The fourth-order valence-corrected chi connectivity index (χ4v) is 2.42. The van der Waals surface area contributed by atoms with Crippen LogP contribution in [0.15, 0.2) is 18.2 Å². The number of phenols is 1. The van der Waals surface area contributed by atoms with E-state index in [1.165, 1.54) is 37.5 Å². The Morgan fingerprint density at radius 1 is 1.44 bits per heavy atom. The summed E-state index contributed by atoms with van der Waals surface area (Å²) in [4.78, 5) is 0. The van der Waals surface area contributed by atoms with Crippen molar-refractivity contribution < 1.29 is 9.50 Å². The standard InChI is InChI=1S/C15H22FNO/c1-3-13(8-11-4-5-11)17-10(2)14-9-12(16)6-7-15(14)18/h6-7,9-11,13,17-18H,3-5,8H2,1-2H3. The van der Waals surface area contributed by atoms with Crippen molar-refractivity contribution in [3.63, 3.8) is 0 Å². The van der Waals surface area contributed by atoms with Gasteiger partial charge in [0.1, 0.15) is 11.6 Å². The first-order valence-corrected chi connectivity index (χ1v) is 6.84. The van der Waals surface area contributed by atoms with Gasteiger partial charge >= 0.3 is 0 Å². The third-order valence-electron chi connectivity index (χ3n) is 3.75. The molecule has 1 fully saturated rings. The van der Waals surface area contributed by atoms with Gasteiger partial charge in [-0.25, -0.2) is 4.39 Å². The molecule has 2 atom stereocenters. The molecule has 18 heavy (non-hydrogen) atoms. The molecule has 2 nitrogen and oxygen atoms in total. The van der Waals surface area contributed by atoms with E-state index >= 15 is 0 Å². The Hall–Kier alpha value is -1.09. The highest BCUT2D eigenvalue weighted by atomic mass is 19.1. The molecule has 0 aliphatic heterocycles. The first-order valence-electron chi connectivity index (χ1n) is 6.84. The lowest BCUT2D eigenvalue weighted by Crippen LogP contribution is -2.31. The van der Waals surface area contributed by atoms with Crippen molar-refractivity contribution in [1.82, 2.24) is 5.32 Å². The Morgan fingerprint density at radius 3 is 2.78 bits per heavy atom. The lowest BCUT2D eigenvalue weighted by atomic mass is 10.0. The zero-order valence-electron chi connectivity index (χ0n) is 11.1. The maximum Gasteiger partial charge on any atom is 0.123 e. The van der Waals surface area contributed by atoms with Crippen molar-refractivity contribution in [1.29, 1.82) is 0 Å². The molecule has 0 radical (unpaired) electrons. The molecule has 2 rings (SSSR count). The summed E-state index contributed by atoms with van der Waals surface area (Å²) in [5.41, 5.74) is 0.643. The molecule has 2 unspecified atom stereocenters. The van der Waals surface area contributed by atoms with Gasteiger partial charge in [-0.1, -0.05) is 19.8 Å². The van der Waals surface area contributed by atoms with Gasteiger partial charge in [-0.3, -0.25) is 0 Å². The van der Waals surface area contributed by atoms with E-state index in [4.69, 9.17) is 0 Å². The fourth-order valence-electron chi connectivity index (χ4n) is 2.42. The van der Waals surface area contributed by atoms with Gasteiger partial charge in [-0.15, -0.1) is 0 Å². The van der Waals surface area contributed by atoms with Gasteiger partial charge in [-0.2, -0.15) is 0 Å². The number of halogens is 1. The molecular weight excluding hydrogens is 229 g/mol. The van der Waals surface area contributed by atoms with Crippen molar-refractivity contribution in [3.8, 4) is 5.75 Å². The van der Waals surface area contributed by atoms with Crippen LogP contribution < -0.4 is 5.32 Å². The maximum absolute atomic E-state index is 13.2. The predicted octanol–water partition coefficient (Wildman–Crippen LogP) is 3.76. The highest BCUT2D eigenvalue weighted by Crippen LogP contribution is 2.35. The number of phenolic OH excluding ortho intramolecular Hbond substituents is 1. The number of hydrogen-bond donors (Lipinski definition) is 2. The summed E-state index contributed by atoms with van der Waals surface area (Å²) < 4.78 is 13.2. The van der Waals surface area contributed by atoms with E-state index in [2.05, 4.69) is 12.2 Å². The van der Waals surface area contributed by atoms with Gasteiger partial charge in [-0.05, 0) is 43.9 Å². The van der Waals surface area contributed by atoms with E-state index in [1.54, 1.807) is 0 Å². The molecule has 1 aromatic carbocycles. The number of rotatable bonds is 6. The summed E-state index contributed by atoms with van der Waals surface area (Å²) in [6.45, 7) is 4.14. The zero-order chi connectivity index (χ0) is 13.1. The van der Waals surface area contributed by atoms with Gasteiger partial charge in [0.25, 0.3) is 0 Å². The third-order valence-corrected chi connectivity index (χ3v) is 3.75. The third kappa shape index (κ3) is 3.45. The normalized spacial score (nSPS) is 18.6. The quantitative estimate of drug-likeness (QED) is 0.806. The number of benzene rings is 1. The predicted molar refractivity (Wildman–Crippen MR) is 71.0 cm³/mol. The van der Waals surface area contributed by atoms with Gasteiger partial charge in [0.2, 0.25) is 0 Å². The maximum atomic E-state index is 13.2. The van der Waals surface area contributed by atoms with Gasteiger partial charge < -0.3 is 10.4 Å². The van der Waals surface area contributed by atoms with Crippen LogP contribution >= 0.6 is 0 Å². The van der Waals surface area contributed by atoms with Gasteiger partial charge in [0.15, 0.2) is 0 Å². The monoisotopic (exact) mass is 251 g/mol. The minimum absolute atomic E-state index is 0.0237. The van der Waals surface area contributed by atoms with Crippen LogP contribution in [0.3, 0.4) is 0 Å². The highest BCUT2D eigenvalue weighted by Gasteiger charge is 2.25. The Balaban J connectivity index is 2.00. The Bertz CT molecular complexity index is 403. The molecule has 1 aliphatic carbocycles. The molecular formula is C15H22FNO. The van der Waals surface area contributed by atoms with Crippen molar-refractivity contribution in [3.05, 3.63) is 29.6 Å². The Labute approximate surface area is 108 Å². The first kappa shape index (κ1) is 13.3. The molecule has 0 spiro atoms. The van der Waals surface area contributed by atoms with E-state index in [1.807, 2.05) is 6.92 Å². The number of aromatic hydroxyl groups is 1. The second-order valence-electron chi connectivity index (χ2n) is 5.38. The molecule has 0 saturated heterocycles. The molecule has 3 heteroatoms. The van der Waals surface area contributed by atoms with E-state index in [-0.39, 0.29) is 17.6 Å². The van der Waals surface area contributed by atoms with E-state index < -0.39 is 0 Å². The smallest absolute Gasteiger partial charge is 0.123 e. The van der Waals surface area contributed by atoms with Crippen molar-refractivity contribution >= 4 is 0 Å². The molecule has 0 amide bonds. The Morgan fingerprint density at radius 2 is 2.17 bits per heavy atom. The van der Waals surface area contributed by atoms with Crippen molar-refractivity contribution in [2.45, 2.75) is 51.6 Å². The summed E-state index contributed by atoms with van der Waals surface area (Å²) in [5, 5.41) is 13.3. The average Bonchev–Trinajstić information content (AvgIpc) is 3.15. The van der Waals surface area contributed by atoms with Crippen LogP contribution in [0.4, 0.5) is 4.39 Å². The lowest BCUT2D eigenvalue weighted by molar-refractivity contribution is 0.390. The first-order chi connectivity index (χ1) is 8.60. The largest absolute Gasteiger partial charge is 0.508 e. The van der Waals surface area contributed by atoms with Crippen LogP contribution in [0.1, 0.15) is 51.1 Å². The van der Waals surface area contributed by atoms with Crippen LogP contribution in [0.25, 0.3) is 0 Å². The molecule has 2 N–H and O–H groups in total. The molecule has 100 valence electrons. The molecule has 1 saturated carbocycles. The van der Waals surface area contributed by atoms with E-state index in [0.717, 1.165) is 12.3 Å². The van der Waals surface area contributed by atoms with Crippen LogP contribution in [0.5, 0.6) is 5.75 Å². The average molecular weight is 251 g/mol. The minimum Gasteiger partial charge on any atom is -0.508 e. The summed E-state index contributed by atoms with van der Waals surface area (Å²) in [5.74, 6) is 0.736. The summed E-state index contributed by atoms with van der Waals surface area (Å²) in [6.07, 6.45) is 4.95. The van der Waals surface area contributed by atoms with Crippen molar-refractivity contribution in [2.24, 2.45) is 5.92 Å². The molecule has 1 aromatic rings. The second-order valence-corrected chi connectivity index (χ2v) is 5.38. The topological polar surface area (TPSA) is 32.3 Å². The fraction of sp³-hybridized carbons (Fsp3) is 0.600. The zero-order valence-corrected chi connectivity index (χ0v) is 11.1. The van der Waals surface area contributed by atoms with E-state index in [0.29, 0.717) is 11.6 Å². The van der Waals surface area contributed by atoms with Crippen LogP contribution in [-0.2, 0) is 0 Å². The number of nitrogens with one attached hydrogen (secondary N) is 1. The van der Waals surface area contributed by atoms with E-state index in [9.17, 15) is 9.50 Å². The number of hydrogen-bond acceptors (Lipinski definition) is 2. The van der Waals surface area contributed by atoms with Crippen LogP contribution in [0, 0.1) is 11.7 Å². The van der Waals surface area contributed by atoms with Crippen molar-refractivity contribution in [2.75, 3.05) is 0 Å². The lowest BCUT2D eigenvalue weighted by Gasteiger charge is -2.23. The Kier molecular flexibility index (Phi) is 4.23. The highest BCUT2D eigenvalue weighted by molar-refractivity contribution is 5.34. The SMILES string of the molecule is CCC(CC1CC1)NC(C)c1cc(F)ccc1O.